The van der Waals surface area contributed by atoms with Gasteiger partial charge in [0.25, 0.3) is 5.91 Å². The lowest BCUT2D eigenvalue weighted by atomic mass is 9.97. The van der Waals surface area contributed by atoms with Crippen LogP contribution in [0.4, 0.5) is 18.9 Å². The van der Waals surface area contributed by atoms with Gasteiger partial charge in [0.2, 0.25) is 0 Å². The van der Waals surface area contributed by atoms with Crippen LogP contribution in [0.2, 0.25) is 0 Å². The lowest BCUT2D eigenvalue weighted by Crippen LogP contribution is -2.33. The Balaban J connectivity index is 1.59. The van der Waals surface area contributed by atoms with E-state index in [1.54, 1.807) is 11.1 Å². The molecule has 2 heterocycles. The van der Waals surface area contributed by atoms with Crippen LogP contribution in [-0.2, 0) is 11.0 Å². The van der Waals surface area contributed by atoms with Gasteiger partial charge in [-0.3, -0.25) is 9.78 Å². The van der Waals surface area contributed by atoms with Crippen LogP contribution in [0.5, 0.6) is 0 Å². The maximum Gasteiger partial charge on any atom is 0.416 e. The molecule has 0 unspecified atom stereocenters. The predicted octanol–water partition coefficient (Wildman–Crippen LogP) is 5.07. The molecule has 136 valence electrons. The van der Waals surface area contributed by atoms with Crippen molar-refractivity contribution in [2.75, 3.05) is 11.4 Å². The van der Waals surface area contributed by atoms with Gasteiger partial charge in [0.05, 0.1) is 11.1 Å². The maximum absolute atomic E-state index is 12.7. The normalized spacial score (nSPS) is 15.1. The van der Waals surface area contributed by atoms with E-state index in [2.05, 4.69) is 4.98 Å². The molecule has 0 spiro atoms. The van der Waals surface area contributed by atoms with Crippen molar-refractivity contribution in [1.29, 1.82) is 0 Å². The highest BCUT2D eigenvalue weighted by Gasteiger charge is 2.30. The van der Waals surface area contributed by atoms with Crippen LogP contribution in [0.1, 0.15) is 17.5 Å². The summed E-state index contributed by atoms with van der Waals surface area (Å²) in [5, 5.41) is 0.992. The molecule has 4 rings (SSSR count). The van der Waals surface area contributed by atoms with Gasteiger partial charge in [-0.15, -0.1) is 0 Å². The first kappa shape index (κ1) is 17.3. The highest BCUT2D eigenvalue weighted by molar-refractivity contribution is 6.08. The van der Waals surface area contributed by atoms with E-state index >= 15 is 0 Å². The van der Waals surface area contributed by atoms with Crippen LogP contribution < -0.4 is 4.90 Å². The van der Waals surface area contributed by atoms with Crippen LogP contribution in [-0.4, -0.2) is 17.4 Å². The van der Waals surface area contributed by atoms with Crippen LogP contribution in [0.25, 0.3) is 16.5 Å². The number of nitrogens with zero attached hydrogens (tertiary/aromatic N) is 2. The van der Waals surface area contributed by atoms with Crippen LogP contribution >= 0.6 is 0 Å². The minimum absolute atomic E-state index is 0.188. The molecule has 0 bridgehead atoms. The highest BCUT2D eigenvalue weighted by atomic mass is 19.4. The van der Waals surface area contributed by atoms with E-state index < -0.39 is 11.7 Å². The molecule has 0 N–H and O–H groups in total. The van der Waals surface area contributed by atoms with Crippen molar-refractivity contribution in [2.45, 2.75) is 12.6 Å². The van der Waals surface area contributed by atoms with Gasteiger partial charge in [0.1, 0.15) is 0 Å². The first-order valence-corrected chi connectivity index (χ1v) is 8.46. The Morgan fingerprint density at radius 2 is 1.78 bits per heavy atom. The summed E-state index contributed by atoms with van der Waals surface area (Å²) >= 11 is 0. The number of pyridine rings is 1. The molecular formula is C21H15F3N2O. The SMILES string of the molecule is O=C1C=C(c2ccc(C(F)(F)F)cc2)CCN1c1ccc2cccnc2c1. The fraction of sp³-hybridized carbons (Fsp3) is 0.143. The van der Waals surface area contributed by atoms with Gasteiger partial charge < -0.3 is 4.90 Å². The number of hydrogen-bond donors (Lipinski definition) is 0. The number of carbonyl (C=O) groups is 1. The van der Waals surface area contributed by atoms with E-state index in [1.165, 1.54) is 18.2 Å². The number of alkyl halides is 3. The summed E-state index contributed by atoms with van der Waals surface area (Å²) in [6, 6.07) is 14.4. The third kappa shape index (κ3) is 3.43. The van der Waals surface area contributed by atoms with Gasteiger partial charge in [-0.25, -0.2) is 0 Å². The molecule has 0 aliphatic carbocycles. The molecule has 0 radical (unpaired) electrons. The van der Waals surface area contributed by atoms with E-state index in [0.717, 1.165) is 34.3 Å². The Kier molecular flexibility index (Phi) is 4.18. The van der Waals surface area contributed by atoms with E-state index in [-0.39, 0.29) is 5.91 Å². The third-order valence-electron chi connectivity index (χ3n) is 4.65. The second-order valence-electron chi connectivity index (χ2n) is 6.36. The monoisotopic (exact) mass is 368 g/mol. The highest BCUT2D eigenvalue weighted by Crippen LogP contribution is 2.32. The van der Waals surface area contributed by atoms with Crippen LogP contribution in [0.3, 0.4) is 0 Å². The summed E-state index contributed by atoms with van der Waals surface area (Å²) in [5.41, 5.74) is 2.24. The fourth-order valence-electron chi connectivity index (χ4n) is 3.22. The number of rotatable bonds is 2. The molecule has 6 heteroatoms. The molecule has 1 aliphatic rings. The zero-order valence-corrected chi connectivity index (χ0v) is 14.2. The second-order valence-corrected chi connectivity index (χ2v) is 6.36. The largest absolute Gasteiger partial charge is 0.416 e. The number of carbonyl (C=O) groups excluding carboxylic acids is 1. The average molecular weight is 368 g/mol. The molecule has 1 amide bonds. The summed E-state index contributed by atoms with van der Waals surface area (Å²) in [6.45, 7) is 0.462. The molecular weight excluding hydrogens is 353 g/mol. The topological polar surface area (TPSA) is 33.2 Å². The van der Waals surface area contributed by atoms with Crippen molar-refractivity contribution in [3.8, 4) is 0 Å². The zero-order chi connectivity index (χ0) is 19.0. The Bertz CT molecular complexity index is 1040. The Hall–Kier alpha value is -3.15. The molecule has 0 saturated carbocycles. The molecule has 1 aromatic heterocycles. The number of amides is 1. The molecule has 2 aromatic carbocycles. The van der Waals surface area contributed by atoms with Crippen molar-refractivity contribution < 1.29 is 18.0 Å². The quantitative estimate of drug-likeness (QED) is 0.632. The molecule has 3 nitrogen and oxygen atoms in total. The fourth-order valence-corrected chi connectivity index (χ4v) is 3.22. The molecule has 0 fully saturated rings. The predicted molar refractivity (Wildman–Crippen MR) is 98.1 cm³/mol. The third-order valence-corrected chi connectivity index (χ3v) is 4.65. The number of hydrogen-bond acceptors (Lipinski definition) is 2. The summed E-state index contributed by atoms with van der Waals surface area (Å²) in [7, 11) is 0. The smallest absolute Gasteiger partial charge is 0.308 e. The maximum atomic E-state index is 12.7. The summed E-state index contributed by atoms with van der Waals surface area (Å²) in [6.07, 6.45) is -0.602. The van der Waals surface area contributed by atoms with Gasteiger partial charge in [0, 0.05) is 29.9 Å². The first-order valence-electron chi connectivity index (χ1n) is 8.46. The average Bonchev–Trinajstić information content (AvgIpc) is 2.67. The van der Waals surface area contributed by atoms with E-state index in [1.807, 2.05) is 30.3 Å². The van der Waals surface area contributed by atoms with Gasteiger partial charge in [-0.1, -0.05) is 24.3 Å². The van der Waals surface area contributed by atoms with E-state index in [9.17, 15) is 18.0 Å². The Labute approximate surface area is 153 Å². The van der Waals surface area contributed by atoms with Crippen molar-refractivity contribution in [3.63, 3.8) is 0 Å². The first-order chi connectivity index (χ1) is 12.9. The summed E-state index contributed by atoms with van der Waals surface area (Å²) < 4.78 is 38.1. The van der Waals surface area contributed by atoms with Gasteiger partial charge in [-0.2, -0.15) is 13.2 Å². The number of fused-ring (bicyclic) bond motifs is 1. The molecule has 0 atom stereocenters. The summed E-state index contributed by atoms with van der Waals surface area (Å²) in [4.78, 5) is 18.6. The van der Waals surface area contributed by atoms with Gasteiger partial charge in [-0.05, 0) is 47.9 Å². The molecule has 27 heavy (non-hydrogen) atoms. The number of anilines is 1. The molecule has 3 aromatic rings. The standard InChI is InChI=1S/C21H15F3N2O/c22-21(23,24)17-6-3-14(4-7-17)16-9-11-26(20(27)12-16)18-8-5-15-2-1-10-25-19(15)13-18/h1-8,10,12-13H,9,11H2. The second kappa shape index (κ2) is 6.54. The number of benzene rings is 2. The molecule has 1 aliphatic heterocycles. The molecule has 0 saturated heterocycles. The van der Waals surface area contributed by atoms with Crippen LogP contribution in [0.15, 0.2) is 66.9 Å². The van der Waals surface area contributed by atoms with Crippen molar-refractivity contribution in [1.82, 2.24) is 4.98 Å². The summed E-state index contributed by atoms with van der Waals surface area (Å²) in [5.74, 6) is -0.188. The van der Waals surface area contributed by atoms with Gasteiger partial charge >= 0.3 is 6.18 Å². The van der Waals surface area contributed by atoms with E-state index in [0.29, 0.717) is 18.5 Å². The minimum atomic E-state index is -4.36. The lowest BCUT2D eigenvalue weighted by Gasteiger charge is -2.27. The van der Waals surface area contributed by atoms with Crippen molar-refractivity contribution in [2.24, 2.45) is 0 Å². The van der Waals surface area contributed by atoms with Gasteiger partial charge in [0.15, 0.2) is 0 Å². The van der Waals surface area contributed by atoms with Crippen molar-refractivity contribution >= 4 is 28.1 Å². The lowest BCUT2D eigenvalue weighted by molar-refractivity contribution is -0.137. The number of aromatic nitrogens is 1. The zero-order valence-electron chi connectivity index (χ0n) is 14.2. The minimum Gasteiger partial charge on any atom is -0.308 e. The van der Waals surface area contributed by atoms with Crippen molar-refractivity contribution in [3.05, 3.63) is 78.0 Å². The Morgan fingerprint density at radius 1 is 1.00 bits per heavy atom. The van der Waals surface area contributed by atoms with Crippen LogP contribution in [0, 0.1) is 0 Å². The number of halogens is 3. The Morgan fingerprint density at radius 3 is 2.48 bits per heavy atom. The van der Waals surface area contributed by atoms with E-state index in [4.69, 9.17) is 0 Å².